The second-order valence-corrected chi connectivity index (χ2v) is 12.8. The minimum Gasteiger partial charge on any atom is -0.508 e. The first-order valence-corrected chi connectivity index (χ1v) is 14.6. The number of carbonyl (C=O) groups excluding carboxylic acids is 1. The summed E-state index contributed by atoms with van der Waals surface area (Å²) in [5.74, 6) is 1.48. The number of likely N-dealkylation sites (tertiary alicyclic amines) is 1. The number of fused-ring (bicyclic) bond motifs is 1. The predicted molar refractivity (Wildman–Crippen MR) is 146 cm³/mol. The number of piperidine rings is 1. The smallest absolute Gasteiger partial charge is 0.253 e. The van der Waals surface area contributed by atoms with Crippen LogP contribution in [0.4, 0.5) is 0 Å². The van der Waals surface area contributed by atoms with Crippen molar-refractivity contribution < 1.29 is 9.90 Å². The number of hydrogen-bond acceptors (Lipinski definition) is 4. The van der Waals surface area contributed by atoms with E-state index in [1.165, 1.54) is 36.8 Å². The van der Waals surface area contributed by atoms with E-state index in [-0.39, 0.29) is 22.8 Å². The molecule has 5 nitrogen and oxygen atoms in total. The van der Waals surface area contributed by atoms with Gasteiger partial charge in [-0.1, -0.05) is 31.2 Å². The highest BCUT2D eigenvalue weighted by Crippen LogP contribution is 2.73. The van der Waals surface area contributed by atoms with Crippen molar-refractivity contribution in [2.45, 2.75) is 75.4 Å². The molecule has 7 atom stereocenters. The molecule has 0 radical (unpaired) electrons. The van der Waals surface area contributed by atoms with Crippen LogP contribution in [0, 0.1) is 17.3 Å². The van der Waals surface area contributed by atoms with Crippen LogP contribution in [-0.2, 0) is 11.8 Å². The van der Waals surface area contributed by atoms with Gasteiger partial charge in [0.15, 0.2) is 0 Å². The molecule has 37 heavy (non-hydrogen) atoms. The third-order valence-corrected chi connectivity index (χ3v) is 11.4. The van der Waals surface area contributed by atoms with Crippen LogP contribution in [0.5, 0.6) is 5.75 Å². The van der Waals surface area contributed by atoms with Gasteiger partial charge >= 0.3 is 0 Å². The normalized spacial score (nSPS) is 38.2. The first kappa shape index (κ1) is 23.7. The summed E-state index contributed by atoms with van der Waals surface area (Å²) < 4.78 is 0. The highest BCUT2D eigenvalue weighted by atomic mass is 16.3. The minimum atomic E-state index is 0.0250. The Morgan fingerprint density at radius 1 is 1.16 bits per heavy atom. The molecule has 0 aromatic heterocycles. The lowest BCUT2D eigenvalue weighted by Crippen LogP contribution is -2.70. The topological polar surface area (TPSA) is 55.8 Å². The Kier molecular flexibility index (Phi) is 5.50. The fourth-order valence-corrected chi connectivity index (χ4v) is 10.2. The summed E-state index contributed by atoms with van der Waals surface area (Å²) in [7, 11) is 2.04. The SMILES string of the molecule is C[C@H]1CC23CCC(N(C)C(=O)c4ccccc4)C1C21CCN(C[C@@H]2CCCN2)C3Cc2ccc(O)cc21. The summed E-state index contributed by atoms with van der Waals surface area (Å²) in [5, 5.41) is 14.5. The molecule has 196 valence electrons. The monoisotopic (exact) mass is 499 g/mol. The van der Waals surface area contributed by atoms with Gasteiger partial charge in [-0.15, -0.1) is 0 Å². The number of rotatable bonds is 4. The van der Waals surface area contributed by atoms with Crippen molar-refractivity contribution in [1.82, 2.24) is 15.1 Å². The van der Waals surface area contributed by atoms with Gasteiger partial charge < -0.3 is 15.3 Å². The van der Waals surface area contributed by atoms with E-state index < -0.39 is 0 Å². The molecule has 1 amide bonds. The molecule has 4 fully saturated rings. The molecular formula is C32H41N3O2. The van der Waals surface area contributed by atoms with Crippen LogP contribution in [0.15, 0.2) is 48.5 Å². The third kappa shape index (κ3) is 3.26. The Morgan fingerprint density at radius 2 is 2.00 bits per heavy atom. The maximum Gasteiger partial charge on any atom is 0.253 e. The molecule has 2 aromatic carbocycles. The summed E-state index contributed by atoms with van der Waals surface area (Å²) in [5.41, 5.74) is 3.86. The van der Waals surface area contributed by atoms with Gasteiger partial charge in [0.2, 0.25) is 0 Å². The number of aromatic hydroxyl groups is 1. The summed E-state index contributed by atoms with van der Waals surface area (Å²) in [6.07, 6.45) is 8.28. The predicted octanol–water partition coefficient (Wildman–Crippen LogP) is 4.59. The van der Waals surface area contributed by atoms with Crippen LogP contribution in [0.1, 0.15) is 66.9 Å². The van der Waals surface area contributed by atoms with E-state index in [0.29, 0.717) is 29.7 Å². The maximum absolute atomic E-state index is 13.7. The molecule has 4 bridgehead atoms. The number of carbonyl (C=O) groups is 1. The first-order valence-electron chi connectivity index (χ1n) is 14.6. The molecule has 2 saturated heterocycles. The number of nitrogens with one attached hydrogen (secondary N) is 1. The van der Waals surface area contributed by atoms with E-state index in [2.05, 4.69) is 34.2 Å². The average molecular weight is 500 g/mol. The standard InChI is InChI=1S/C32H41N3O2/c1-21-19-31-13-12-27(34(2)30(37)22-7-4-3-5-8-22)29(21)32(31)14-16-35(20-24-9-6-15-33-24)28(31)17-23-10-11-25(36)18-26(23)32/h3-5,7-8,10-11,18,21,24,27-29,33,36H,6,9,12-17,19-20H2,1-2H3/t21-,24-,27?,28?,29?,31?,32?/m0/s1. The molecule has 2 saturated carbocycles. The quantitative estimate of drug-likeness (QED) is 0.646. The summed E-state index contributed by atoms with van der Waals surface area (Å²) >= 11 is 0. The number of phenols is 1. The Bertz CT molecular complexity index is 1190. The zero-order valence-corrected chi connectivity index (χ0v) is 22.3. The highest BCUT2D eigenvalue weighted by molar-refractivity contribution is 5.94. The molecule has 2 aliphatic heterocycles. The Balaban J connectivity index is 1.32. The van der Waals surface area contributed by atoms with Crippen LogP contribution in [-0.4, -0.2) is 65.6 Å². The number of amides is 1. The summed E-state index contributed by atoms with van der Waals surface area (Å²) in [6.45, 7) is 5.89. The molecule has 2 aromatic rings. The molecule has 7 rings (SSSR count). The van der Waals surface area contributed by atoms with E-state index in [9.17, 15) is 9.90 Å². The van der Waals surface area contributed by atoms with Crippen LogP contribution in [0.25, 0.3) is 0 Å². The van der Waals surface area contributed by atoms with Gasteiger partial charge in [-0.25, -0.2) is 0 Å². The van der Waals surface area contributed by atoms with Crippen molar-refractivity contribution in [3.8, 4) is 5.75 Å². The van der Waals surface area contributed by atoms with Gasteiger partial charge in [0.1, 0.15) is 5.75 Å². The lowest BCUT2D eigenvalue weighted by molar-refractivity contribution is -0.105. The Morgan fingerprint density at radius 3 is 2.78 bits per heavy atom. The van der Waals surface area contributed by atoms with Crippen LogP contribution in [0.2, 0.25) is 0 Å². The number of phenolic OH excluding ortho intramolecular Hbond substituents is 1. The van der Waals surface area contributed by atoms with Crippen molar-refractivity contribution in [1.29, 1.82) is 0 Å². The molecule has 5 unspecified atom stereocenters. The fourth-order valence-electron chi connectivity index (χ4n) is 10.2. The summed E-state index contributed by atoms with van der Waals surface area (Å²) in [4.78, 5) is 18.6. The second-order valence-electron chi connectivity index (χ2n) is 12.8. The largest absolute Gasteiger partial charge is 0.508 e. The van der Waals surface area contributed by atoms with Gasteiger partial charge in [0.25, 0.3) is 5.91 Å². The van der Waals surface area contributed by atoms with Crippen molar-refractivity contribution in [2.24, 2.45) is 17.3 Å². The number of benzene rings is 2. The highest BCUT2D eigenvalue weighted by Gasteiger charge is 2.73. The molecule has 2 N–H and O–H groups in total. The van der Waals surface area contributed by atoms with E-state index in [0.717, 1.165) is 44.5 Å². The molecule has 5 heteroatoms. The van der Waals surface area contributed by atoms with Crippen molar-refractivity contribution in [3.63, 3.8) is 0 Å². The average Bonchev–Trinajstić information content (AvgIpc) is 3.48. The van der Waals surface area contributed by atoms with Crippen LogP contribution in [0.3, 0.4) is 0 Å². The van der Waals surface area contributed by atoms with Crippen LogP contribution >= 0.6 is 0 Å². The third-order valence-electron chi connectivity index (χ3n) is 11.4. The lowest BCUT2D eigenvalue weighted by atomic mass is 9.43. The minimum absolute atomic E-state index is 0.0250. The van der Waals surface area contributed by atoms with Crippen molar-refractivity contribution in [3.05, 3.63) is 65.2 Å². The second kappa shape index (κ2) is 8.57. The number of hydrogen-bond donors (Lipinski definition) is 2. The first-order chi connectivity index (χ1) is 17.9. The van der Waals surface area contributed by atoms with E-state index >= 15 is 0 Å². The lowest BCUT2D eigenvalue weighted by Gasteiger charge is -2.67. The van der Waals surface area contributed by atoms with Crippen molar-refractivity contribution >= 4 is 5.91 Å². The molecule has 2 heterocycles. The Hall–Kier alpha value is -2.37. The fraction of sp³-hybridized carbons (Fsp3) is 0.594. The van der Waals surface area contributed by atoms with Gasteiger partial charge in [-0.3, -0.25) is 9.69 Å². The number of nitrogens with zero attached hydrogens (tertiary/aromatic N) is 2. The van der Waals surface area contributed by atoms with Gasteiger partial charge in [0.05, 0.1) is 0 Å². The van der Waals surface area contributed by atoms with E-state index in [1.54, 1.807) is 0 Å². The van der Waals surface area contributed by atoms with E-state index in [1.807, 2.05) is 43.4 Å². The van der Waals surface area contributed by atoms with Gasteiger partial charge in [-0.05, 0) is 111 Å². The molecule has 0 spiro atoms. The molecule has 5 aliphatic rings. The molecule has 3 aliphatic carbocycles. The van der Waals surface area contributed by atoms with E-state index in [4.69, 9.17) is 0 Å². The van der Waals surface area contributed by atoms with Gasteiger partial charge in [0, 0.05) is 42.7 Å². The van der Waals surface area contributed by atoms with Crippen LogP contribution < -0.4 is 5.32 Å². The Labute approximate surface area is 221 Å². The zero-order valence-electron chi connectivity index (χ0n) is 22.3. The summed E-state index contributed by atoms with van der Waals surface area (Å²) in [6, 6.07) is 17.4. The van der Waals surface area contributed by atoms with Crippen molar-refractivity contribution in [2.75, 3.05) is 26.7 Å². The zero-order chi connectivity index (χ0) is 25.4. The van der Waals surface area contributed by atoms with Gasteiger partial charge in [-0.2, -0.15) is 0 Å². The molecular weight excluding hydrogens is 458 g/mol. The maximum atomic E-state index is 13.7.